The predicted octanol–water partition coefficient (Wildman–Crippen LogP) is 4.68. The number of nitro groups is 1. The predicted molar refractivity (Wildman–Crippen MR) is 112 cm³/mol. The minimum Gasteiger partial charge on any atom is -0.453 e. The average Bonchev–Trinajstić information content (AvgIpc) is 3.22. The van der Waals surface area contributed by atoms with E-state index in [2.05, 4.69) is 10.3 Å². The Labute approximate surface area is 190 Å². The van der Waals surface area contributed by atoms with Crippen molar-refractivity contribution in [3.8, 4) is 11.3 Å². The van der Waals surface area contributed by atoms with Gasteiger partial charge in [0, 0.05) is 18.6 Å². The highest BCUT2D eigenvalue weighted by Gasteiger charge is 2.21. The van der Waals surface area contributed by atoms with Crippen molar-refractivity contribution in [3.05, 3.63) is 75.3 Å². The van der Waals surface area contributed by atoms with Gasteiger partial charge in [0.2, 0.25) is 0 Å². The lowest BCUT2D eigenvalue weighted by Gasteiger charge is -2.14. The number of oxazole rings is 1. The topological polar surface area (TPSA) is 125 Å². The van der Waals surface area contributed by atoms with E-state index in [0.717, 1.165) is 24.4 Å². The zero-order chi connectivity index (χ0) is 24.1. The van der Waals surface area contributed by atoms with Gasteiger partial charge in [-0.3, -0.25) is 19.7 Å². The van der Waals surface area contributed by atoms with Crippen LogP contribution in [0.25, 0.3) is 11.3 Å². The maximum atomic E-state index is 13.8. The summed E-state index contributed by atoms with van der Waals surface area (Å²) in [5.41, 5.74) is -0.657. The molecule has 172 valence electrons. The highest BCUT2D eigenvalue weighted by molar-refractivity contribution is 6.33. The Balaban J connectivity index is 1.55. The summed E-state index contributed by atoms with van der Waals surface area (Å²) in [7, 11) is 0. The van der Waals surface area contributed by atoms with E-state index < -0.39 is 34.5 Å². The van der Waals surface area contributed by atoms with Crippen LogP contribution in [0.2, 0.25) is 5.02 Å². The number of ether oxygens (including phenoxy) is 1. The highest BCUT2D eigenvalue weighted by Crippen LogP contribution is 2.28. The first kappa shape index (κ1) is 23.8. The van der Waals surface area contributed by atoms with Gasteiger partial charge in [-0.2, -0.15) is 0 Å². The van der Waals surface area contributed by atoms with Crippen LogP contribution in [0.15, 0.2) is 47.0 Å². The average molecular weight is 480 g/mol. The number of esters is 1. The van der Waals surface area contributed by atoms with E-state index >= 15 is 0 Å². The number of benzene rings is 2. The van der Waals surface area contributed by atoms with Crippen molar-refractivity contribution in [2.45, 2.75) is 25.9 Å². The van der Waals surface area contributed by atoms with Crippen molar-refractivity contribution in [2.75, 3.05) is 5.32 Å². The Morgan fingerprint density at radius 2 is 1.97 bits per heavy atom. The van der Waals surface area contributed by atoms with Crippen molar-refractivity contribution in [2.24, 2.45) is 0 Å². The van der Waals surface area contributed by atoms with Crippen LogP contribution in [0.1, 0.15) is 19.2 Å². The molecule has 1 heterocycles. The minimum absolute atomic E-state index is 0.00791. The summed E-state index contributed by atoms with van der Waals surface area (Å²) < 4.78 is 38.0. The zero-order valence-electron chi connectivity index (χ0n) is 17.0. The highest BCUT2D eigenvalue weighted by atomic mass is 35.5. The molecule has 3 aromatic rings. The van der Waals surface area contributed by atoms with Crippen LogP contribution in [0, 0.1) is 21.7 Å². The molecule has 2 aromatic carbocycles. The number of anilines is 1. The van der Waals surface area contributed by atoms with E-state index in [-0.39, 0.29) is 46.5 Å². The van der Waals surface area contributed by atoms with Crippen LogP contribution in [0.4, 0.5) is 20.2 Å². The van der Waals surface area contributed by atoms with E-state index in [1.54, 1.807) is 0 Å². The number of hydrogen-bond donors (Lipinski definition) is 1. The van der Waals surface area contributed by atoms with Crippen molar-refractivity contribution >= 4 is 34.9 Å². The number of carbonyl (C=O) groups is 2. The number of carbonyl (C=O) groups excluding carboxylic acids is 2. The maximum Gasteiger partial charge on any atom is 0.307 e. The fraction of sp³-hybridized carbons (Fsp3) is 0.190. The van der Waals surface area contributed by atoms with Gasteiger partial charge in [0.05, 0.1) is 33.8 Å². The molecular formula is C21H16ClF2N3O6. The van der Waals surface area contributed by atoms with E-state index in [0.29, 0.717) is 0 Å². The molecule has 0 bridgehead atoms. The molecule has 9 nitrogen and oxygen atoms in total. The van der Waals surface area contributed by atoms with Gasteiger partial charge in [0.1, 0.15) is 11.6 Å². The summed E-state index contributed by atoms with van der Waals surface area (Å²) in [5.74, 6) is -3.24. The first-order valence-corrected chi connectivity index (χ1v) is 9.87. The molecule has 1 amide bonds. The standard InChI is InChI=1S/C21H16ClF2N3O6/c1-11(21(29)26-16-9-12(27(30)31)5-6-13(16)22)32-19(28)8-7-18-25-10-17(33-18)20-14(23)3-2-4-15(20)24/h2-6,9-11H,7-8H2,1H3,(H,26,29). The molecular weight excluding hydrogens is 464 g/mol. The Hall–Kier alpha value is -3.86. The summed E-state index contributed by atoms with van der Waals surface area (Å²) in [6.45, 7) is 1.31. The number of amides is 1. The summed E-state index contributed by atoms with van der Waals surface area (Å²) in [5, 5.41) is 13.3. The molecule has 0 saturated heterocycles. The zero-order valence-corrected chi connectivity index (χ0v) is 17.8. The van der Waals surface area contributed by atoms with Gasteiger partial charge in [-0.25, -0.2) is 13.8 Å². The molecule has 12 heteroatoms. The molecule has 0 aliphatic rings. The number of hydrogen-bond acceptors (Lipinski definition) is 7. The quantitative estimate of drug-likeness (QED) is 0.282. The lowest BCUT2D eigenvalue weighted by atomic mass is 10.1. The summed E-state index contributed by atoms with van der Waals surface area (Å²) in [6.07, 6.45) is -0.365. The van der Waals surface area contributed by atoms with Crippen molar-refractivity contribution in [1.29, 1.82) is 0 Å². The van der Waals surface area contributed by atoms with E-state index in [9.17, 15) is 28.5 Å². The van der Waals surface area contributed by atoms with E-state index in [4.69, 9.17) is 20.8 Å². The third-order valence-corrected chi connectivity index (χ3v) is 4.73. The summed E-state index contributed by atoms with van der Waals surface area (Å²) in [6, 6.07) is 6.87. The number of aryl methyl sites for hydroxylation is 1. The Bertz CT molecular complexity index is 1200. The summed E-state index contributed by atoms with van der Waals surface area (Å²) >= 11 is 5.93. The lowest BCUT2D eigenvalue weighted by Crippen LogP contribution is -2.30. The fourth-order valence-corrected chi connectivity index (χ4v) is 2.92. The van der Waals surface area contributed by atoms with Crippen LogP contribution in [0.5, 0.6) is 0 Å². The van der Waals surface area contributed by atoms with Crippen molar-refractivity contribution in [1.82, 2.24) is 4.98 Å². The van der Waals surface area contributed by atoms with Gasteiger partial charge in [-0.15, -0.1) is 0 Å². The molecule has 0 aliphatic heterocycles. The minimum atomic E-state index is -1.24. The molecule has 1 aromatic heterocycles. The first-order chi connectivity index (χ1) is 15.7. The molecule has 0 radical (unpaired) electrons. The van der Waals surface area contributed by atoms with Crippen LogP contribution < -0.4 is 5.32 Å². The number of nitrogens with one attached hydrogen (secondary N) is 1. The number of aromatic nitrogens is 1. The van der Waals surface area contributed by atoms with Crippen molar-refractivity contribution < 1.29 is 32.4 Å². The molecule has 0 saturated carbocycles. The van der Waals surface area contributed by atoms with Crippen LogP contribution in [-0.4, -0.2) is 27.9 Å². The Kier molecular flexibility index (Phi) is 7.34. The SMILES string of the molecule is CC(OC(=O)CCc1ncc(-c2c(F)cccc2F)o1)C(=O)Nc1cc([N+](=O)[O-])ccc1Cl. The third-order valence-electron chi connectivity index (χ3n) is 4.40. The number of non-ortho nitro benzene ring substituents is 1. The molecule has 1 unspecified atom stereocenters. The second kappa shape index (κ2) is 10.2. The molecule has 0 spiro atoms. The molecule has 1 N–H and O–H groups in total. The number of rotatable bonds is 8. The number of halogens is 3. The van der Waals surface area contributed by atoms with Gasteiger partial charge in [0.25, 0.3) is 11.6 Å². The van der Waals surface area contributed by atoms with Crippen LogP contribution in [0.3, 0.4) is 0 Å². The second-order valence-electron chi connectivity index (χ2n) is 6.76. The maximum absolute atomic E-state index is 13.8. The van der Waals surface area contributed by atoms with Gasteiger partial charge in [0.15, 0.2) is 17.8 Å². The normalized spacial score (nSPS) is 11.6. The van der Waals surface area contributed by atoms with E-state index in [1.807, 2.05) is 0 Å². The molecule has 0 fully saturated rings. The number of nitro benzene ring substituents is 1. The number of nitrogens with zero attached hydrogens (tertiary/aromatic N) is 2. The van der Waals surface area contributed by atoms with Gasteiger partial charge in [-0.1, -0.05) is 17.7 Å². The van der Waals surface area contributed by atoms with Gasteiger partial charge in [-0.05, 0) is 25.1 Å². The van der Waals surface area contributed by atoms with Crippen LogP contribution in [-0.2, 0) is 20.7 Å². The molecule has 1 atom stereocenters. The first-order valence-electron chi connectivity index (χ1n) is 9.49. The third kappa shape index (κ3) is 5.89. The Morgan fingerprint density at radius 1 is 1.27 bits per heavy atom. The fourth-order valence-electron chi connectivity index (χ4n) is 2.75. The van der Waals surface area contributed by atoms with Crippen molar-refractivity contribution in [3.63, 3.8) is 0 Å². The monoisotopic (exact) mass is 479 g/mol. The van der Waals surface area contributed by atoms with Gasteiger partial charge < -0.3 is 14.5 Å². The molecule has 33 heavy (non-hydrogen) atoms. The smallest absolute Gasteiger partial charge is 0.307 e. The largest absolute Gasteiger partial charge is 0.453 e. The molecule has 3 rings (SSSR count). The van der Waals surface area contributed by atoms with E-state index in [1.165, 1.54) is 25.1 Å². The molecule has 0 aliphatic carbocycles. The Morgan fingerprint density at radius 3 is 2.64 bits per heavy atom. The van der Waals surface area contributed by atoms with Gasteiger partial charge >= 0.3 is 5.97 Å². The van der Waals surface area contributed by atoms with Crippen LogP contribution >= 0.6 is 11.6 Å². The summed E-state index contributed by atoms with van der Waals surface area (Å²) in [4.78, 5) is 38.4. The lowest BCUT2D eigenvalue weighted by molar-refractivity contribution is -0.384. The second-order valence-corrected chi connectivity index (χ2v) is 7.16.